The first kappa shape index (κ1) is 15.0. The topological polar surface area (TPSA) is 50.2 Å². The summed E-state index contributed by atoms with van der Waals surface area (Å²) in [5.41, 5.74) is 5.27. The van der Waals surface area contributed by atoms with E-state index in [1.54, 1.807) is 6.20 Å². The van der Waals surface area contributed by atoms with E-state index in [1.165, 1.54) is 0 Å². The quantitative estimate of drug-likeness (QED) is 0.758. The fourth-order valence-corrected chi connectivity index (χ4v) is 2.77. The fraction of sp³-hybridized carbons (Fsp3) is 0.100. The van der Waals surface area contributed by atoms with Crippen LogP contribution >= 0.6 is 0 Å². The number of hydrogen-bond donors (Lipinski definition) is 1. The van der Waals surface area contributed by atoms with Crippen LogP contribution in [0.1, 0.15) is 12.0 Å². The van der Waals surface area contributed by atoms with E-state index < -0.39 is 5.97 Å². The number of carboxylic acid groups (broad SMARTS) is 1. The Hall–Kier alpha value is -2.94. The summed E-state index contributed by atoms with van der Waals surface area (Å²) in [6.07, 6.45) is 4.15. The summed E-state index contributed by atoms with van der Waals surface area (Å²) in [5, 5.41) is 9.09. The van der Waals surface area contributed by atoms with Gasteiger partial charge in [-0.1, -0.05) is 54.6 Å². The van der Waals surface area contributed by atoms with Crippen LogP contribution in [0, 0.1) is 0 Å². The van der Waals surface area contributed by atoms with E-state index in [9.17, 15) is 4.79 Å². The Labute approximate surface area is 135 Å². The Morgan fingerprint density at radius 2 is 1.57 bits per heavy atom. The van der Waals surface area contributed by atoms with E-state index in [-0.39, 0.29) is 6.42 Å². The molecule has 0 atom stereocenters. The van der Waals surface area contributed by atoms with Crippen molar-refractivity contribution >= 4 is 5.97 Å². The molecule has 0 aliphatic rings. The molecule has 0 aliphatic heterocycles. The zero-order valence-corrected chi connectivity index (χ0v) is 12.6. The first-order valence-corrected chi connectivity index (χ1v) is 7.55. The Balaban J connectivity index is 2.14. The van der Waals surface area contributed by atoms with Crippen LogP contribution < -0.4 is 0 Å². The molecule has 0 bridgehead atoms. The third-order valence-electron chi connectivity index (χ3n) is 3.82. The van der Waals surface area contributed by atoms with Crippen LogP contribution in [0.2, 0.25) is 0 Å². The highest BCUT2D eigenvalue weighted by Crippen LogP contribution is 2.33. The molecule has 0 saturated heterocycles. The van der Waals surface area contributed by atoms with E-state index >= 15 is 0 Å². The van der Waals surface area contributed by atoms with Crippen molar-refractivity contribution in [3.8, 4) is 22.3 Å². The molecular formula is C20H17NO2. The van der Waals surface area contributed by atoms with E-state index in [0.29, 0.717) is 6.42 Å². The highest BCUT2D eigenvalue weighted by Gasteiger charge is 2.13. The molecule has 23 heavy (non-hydrogen) atoms. The van der Waals surface area contributed by atoms with E-state index in [1.807, 2.05) is 66.9 Å². The second kappa shape index (κ2) is 6.88. The lowest BCUT2D eigenvalue weighted by Crippen LogP contribution is -2.01. The van der Waals surface area contributed by atoms with Crippen LogP contribution in [-0.2, 0) is 11.2 Å². The smallest absolute Gasteiger partial charge is 0.303 e. The predicted molar refractivity (Wildman–Crippen MR) is 91.1 cm³/mol. The highest BCUT2D eigenvalue weighted by atomic mass is 16.4. The third-order valence-corrected chi connectivity index (χ3v) is 3.82. The molecule has 3 heteroatoms. The number of pyridine rings is 1. The van der Waals surface area contributed by atoms with Crippen molar-refractivity contribution in [3.05, 3.63) is 78.6 Å². The monoisotopic (exact) mass is 303 g/mol. The van der Waals surface area contributed by atoms with Crippen LogP contribution in [0.25, 0.3) is 22.3 Å². The molecule has 0 spiro atoms. The van der Waals surface area contributed by atoms with Gasteiger partial charge in [0.1, 0.15) is 0 Å². The van der Waals surface area contributed by atoms with E-state index in [4.69, 9.17) is 5.11 Å². The lowest BCUT2D eigenvalue weighted by molar-refractivity contribution is -0.136. The Kier molecular flexibility index (Phi) is 4.48. The number of nitrogens with zero attached hydrogens (tertiary/aromatic N) is 1. The number of aromatic nitrogens is 1. The van der Waals surface area contributed by atoms with Crippen molar-refractivity contribution in [1.29, 1.82) is 0 Å². The zero-order chi connectivity index (χ0) is 16.1. The molecule has 0 amide bonds. The Morgan fingerprint density at radius 3 is 2.22 bits per heavy atom. The molecular weight excluding hydrogens is 286 g/mol. The van der Waals surface area contributed by atoms with Gasteiger partial charge in [0, 0.05) is 24.4 Å². The summed E-state index contributed by atoms with van der Waals surface area (Å²) in [6, 6.07) is 20.0. The number of rotatable bonds is 5. The van der Waals surface area contributed by atoms with Gasteiger partial charge in [-0.3, -0.25) is 9.78 Å². The summed E-state index contributed by atoms with van der Waals surface area (Å²) in [5.74, 6) is -0.787. The second-order valence-electron chi connectivity index (χ2n) is 5.33. The highest BCUT2D eigenvalue weighted by molar-refractivity contribution is 5.79. The minimum absolute atomic E-state index is 0.108. The summed E-state index contributed by atoms with van der Waals surface area (Å²) < 4.78 is 0. The van der Waals surface area contributed by atoms with Crippen molar-refractivity contribution in [2.75, 3.05) is 0 Å². The minimum atomic E-state index is -0.787. The lowest BCUT2D eigenvalue weighted by atomic mass is 9.90. The maximum atomic E-state index is 11.1. The number of carbonyl (C=O) groups is 1. The van der Waals surface area contributed by atoms with Gasteiger partial charge in [-0.25, -0.2) is 0 Å². The van der Waals surface area contributed by atoms with E-state index in [0.717, 1.165) is 27.8 Å². The van der Waals surface area contributed by atoms with Gasteiger partial charge in [0.25, 0.3) is 0 Å². The van der Waals surface area contributed by atoms with Gasteiger partial charge in [0.05, 0.1) is 0 Å². The molecule has 114 valence electrons. The number of benzene rings is 2. The zero-order valence-electron chi connectivity index (χ0n) is 12.6. The third kappa shape index (κ3) is 3.46. The molecule has 1 N–H and O–H groups in total. The molecule has 0 radical (unpaired) electrons. The molecule has 0 saturated carbocycles. The van der Waals surface area contributed by atoms with Crippen LogP contribution in [0.5, 0.6) is 0 Å². The largest absolute Gasteiger partial charge is 0.481 e. The SMILES string of the molecule is O=C(O)CCc1c(-c2ccccc2)cccc1-c1cccnc1. The summed E-state index contributed by atoms with van der Waals surface area (Å²) >= 11 is 0. The van der Waals surface area contributed by atoms with Gasteiger partial charge in [-0.05, 0) is 34.7 Å². The molecule has 3 rings (SSSR count). The van der Waals surface area contributed by atoms with Crippen molar-refractivity contribution < 1.29 is 9.90 Å². The standard InChI is InChI=1S/C20H17NO2/c22-20(23)12-11-19-17(15-6-2-1-3-7-15)9-4-10-18(19)16-8-5-13-21-14-16/h1-10,13-14H,11-12H2,(H,22,23). The fourth-order valence-electron chi connectivity index (χ4n) is 2.77. The van der Waals surface area contributed by atoms with Crippen molar-refractivity contribution in [1.82, 2.24) is 4.98 Å². The van der Waals surface area contributed by atoms with Gasteiger partial charge in [0.2, 0.25) is 0 Å². The summed E-state index contributed by atoms with van der Waals surface area (Å²) in [6.45, 7) is 0. The van der Waals surface area contributed by atoms with Crippen LogP contribution in [0.15, 0.2) is 73.1 Å². The molecule has 0 unspecified atom stereocenters. The van der Waals surface area contributed by atoms with Gasteiger partial charge >= 0.3 is 5.97 Å². The number of carboxylic acids is 1. The lowest BCUT2D eigenvalue weighted by Gasteiger charge is -2.15. The van der Waals surface area contributed by atoms with Crippen LogP contribution in [0.3, 0.4) is 0 Å². The van der Waals surface area contributed by atoms with Gasteiger partial charge in [-0.2, -0.15) is 0 Å². The van der Waals surface area contributed by atoms with Crippen molar-refractivity contribution in [2.24, 2.45) is 0 Å². The maximum Gasteiger partial charge on any atom is 0.303 e. The molecule has 3 nitrogen and oxygen atoms in total. The van der Waals surface area contributed by atoms with Crippen molar-refractivity contribution in [3.63, 3.8) is 0 Å². The van der Waals surface area contributed by atoms with Crippen LogP contribution in [0.4, 0.5) is 0 Å². The Bertz CT molecular complexity index is 741. The summed E-state index contributed by atoms with van der Waals surface area (Å²) in [4.78, 5) is 15.2. The molecule has 1 aromatic heterocycles. The second-order valence-corrected chi connectivity index (χ2v) is 5.33. The average Bonchev–Trinajstić information content (AvgIpc) is 2.61. The minimum Gasteiger partial charge on any atom is -0.481 e. The molecule has 3 aromatic rings. The van der Waals surface area contributed by atoms with E-state index in [2.05, 4.69) is 4.98 Å². The molecule has 0 fully saturated rings. The number of hydrogen-bond acceptors (Lipinski definition) is 2. The maximum absolute atomic E-state index is 11.1. The predicted octanol–water partition coefficient (Wildman–Crippen LogP) is 4.43. The van der Waals surface area contributed by atoms with Crippen LogP contribution in [-0.4, -0.2) is 16.1 Å². The van der Waals surface area contributed by atoms with Crippen molar-refractivity contribution in [2.45, 2.75) is 12.8 Å². The molecule has 2 aromatic carbocycles. The average molecular weight is 303 g/mol. The summed E-state index contributed by atoms with van der Waals surface area (Å²) in [7, 11) is 0. The van der Waals surface area contributed by atoms with Gasteiger partial charge in [0.15, 0.2) is 0 Å². The first-order chi connectivity index (χ1) is 11.3. The Morgan fingerprint density at radius 1 is 0.870 bits per heavy atom. The number of aliphatic carboxylic acids is 1. The first-order valence-electron chi connectivity index (χ1n) is 7.55. The van der Waals surface area contributed by atoms with Gasteiger partial charge in [-0.15, -0.1) is 0 Å². The molecule has 0 aliphatic carbocycles. The normalized spacial score (nSPS) is 10.4. The molecule has 1 heterocycles. The van der Waals surface area contributed by atoms with Gasteiger partial charge < -0.3 is 5.11 Å².